The topological polar surface area (TPSA) is 61.0 Å². The first kappa shape index (κ1) is 12.5. The third-order valence-corrected chi connectivity index (χ3v) is 2.53. The molecular weight excluding hydrogens is 226 g/mol. The van der Waals surface area contributed by atoms with Gasteiger partial charge in [-0.3, -0.25) is 0 Å². The second kappa shape index (κ2) is 5.60. The van der Waals surface area contributed by atoms with Gasteiger partial charge in [0.25, 0.3) is 0 Å². The Morgan fingerprint density at radius 2 is 1.67 bits per heavy atom. The second-order valence-corrected chi connectivity index (χ2v) is 4.22. The summed E-state index contributed by atoms with van der Waals surface area (Å²) in [7, 11) is 0. The number of benzene rings is 1. The normalized spacial score (nSPS) is 10.4. The van der Waals surface area contributed by atoms with Crippen molar-refractivity contribution < 1.29 is 4.74 Å². The van der Waals surface area contributed by atoms with E-state index in [9.17, 15) is 0 Å². The maximum atomic E-state index is 5.62. The van der Waals surface area contributed by atoms with Crippen molar-refractivity contribution in [3.63, 3.8) is 0 Å². The van der Waals surface area contributed by atoms with Gasteiger partial charge >= 0.3 is 6.01 Å². The fourth-order valence-electron chi connectivity index (χ4n) is 1.74. The summed E-state index contributed by atoms with van der Waals surface area (Å²) in [6.07, 6.45) is 0.875. The molecule has 1 aromatic heterocycles. The Labute approximate surface area is 107 Å². The van der Waals surface area contributed by atoms with E-state index >= 15 is 0 Å². The molecule has 4 heteroatoms. The fraction of sp³-hybridized carbons (Fsp3) is 0.286. The number of ether oxygens (including phenoxy) is 1. The van der Waals surface area contributed by atoms with Crippen LogP contribution in [0.25, 0.3) is 0 Å². The minimum atomic E-state index is 0.388. The summed E-state index contributed by atoms with van der Waals surface area (Å²) in [5.74, 6) is 0.737. The standard InChI is InChI=1S/C14H17N3O/c1-10-9-11(2)17-14(16-10)18-13-5-3-12(4-6-13)7-8-15/h3-6,9H,7-8,15H2,1-2H3. The molecule has 0 spiro atoms. The quantitative estimate of drug-likeness (QED) is 0.895. The maximum Gasteiger partial charge on any atom is 0.322 e. The highest BCUT2D eigenvalue weighted by Crippen LogP contribution is 2.19. The summed E-state index contributed by atoms with van der Waals surface area (Å²) < 4.78 is 5.62. The van der Waals surface area contributed by atoms with Gasteiger partial charge in [0.15, 0.2) is 0 Å². The molecule has 94 valence electrons. The van der Waals surface area contributed by atoms with Crippen molar-refractivity contribution in [1.82, 2.24) is 9.97 Å². The average Bonchev–Trinajstić information content (AvgIpc) is 2.31. The average molecular weight is 243 g/mol. The smallest absolute Gasteiger partial charge is 0.322 e. The largest absolute Gasteiger partial charge is 0.424 e. The Morgan fingerprint density at radius 3 is 2.22 bits per heavy atom. The van der Waals surface area contributed by atoms with E-state index in [-0.39, 0.29) is 0 Å². The van der Waals surface area contributed by atoms with E-state index in [2.05, 4.69) is 9.97 Å². The molecule has 0 saturated carbocycles. The van der Waals surface area contributed by atoms with Gasteiger partial charge in [-0.25, -0.2) is 9.97 Å². The number of rotatable bonds is 4. The van der Waals surface area contributed by atoms with Crippen LogP contribution in [0.2, 0.25) is 0 Å². The number of nitrogens with two attached hydrogens (primary N) is 1. The van der Waals surface area contributed by atoms with Gasteiger partial charge in [-0.2, -0.15) is 0 Å². The highest BCUT2D eigenvalue weighted by molar-refractivity contribution is 5.29. The van der Waals surface area contributed by atoms with Crippen molar-refractivity contribution in [2.75, 3.05) is 6.54 Å². The molecule has 0 radical (unpaired) electrons. The summed E-state index contributed by atoms with van der Waals surface area (Å²) in [6.45, 7) is 4.50. The molecule has 1 aromatic carbocycles. The zero-order valence-corrected chi connectivity index (χ0v) is 10.7. The third kappa shape index (κ3) is 3.28. The van der Waals surface area contributed by atoms with E-state index in [0.29, 0.717) is 12.6 Å². The van der Waals surface area contributed by atoms with Crippen molar-refractivity contribution in [1.29, 1.82) is 0 Å². The molecule has 1 heterocycles. The molecule has 0 aliphatic carbocycles. The Balaban J connectivity index is 2.13. The van der Waals surface area contributed by atoms with Crippen molar-refractivity contribution >= 4 is 0 Å². The number of nitrogens with zero attached hydrogens (tertiary/aromatic N) is 2. The minimum absolute atomic E-state index is 0.388. The van der Waals surface area contributed by atoms with Gasteiger partial charge in [-0.1, -0.05) is 12.1 Å². The number of hydrogen-bond donors (Lipinski definition) is 1. The molecule has 0 fully saturated rings. The molecule has 0 atom stereocenters. The SMILES string of the molecule is Cc1cc(C)nc(Oc2ccc(CCN)cc2)n1. The lowest BCUT2D eigenvalue weighted by atomic mass is 10.1. The first-order valence-electron chi connectivity index (χ1n) is 5.96. The Kier molecular flexibility index (Phi) is 3.89. The van der Waals surface area contributed by atoms with Crippen LogP contribution in [-0.2, 0) is 6.42 Å². The van der Waals surface area contributed by atoms with Crippen LogP contribution >= 0.6 is 0 Å². The van der Waals surface area contributed by atoms with Crippen molar-refractivity contribution in [3.05, 3.63) is 47.3 Å². The van der Waals surface area contributed by atoms with E-state index < -0.39 is 0 Å². The Morgan fingerprint density at radius 1 is 1.06 bits per heavy atom. The highest BCUT2D eigenvalue weighted by atomic mass is 16.5. The van der Waals surface area contributed by atoms with Gasteiger partial charge in [0.1, 0.15) is 5.75 Å². The molecule has 2 N–H and O–H groups in total. The molecule has 0 amide bonds. The number of aromatic nitrogens is 2. The fourth-order valence-corrected chi connectivity index (χ4v) is 1.74. The lowest BCUT2D eigenvalue weighted by Gasteiger charge is -2.06. The van der Waals surface area contributed by atoms with Gasteiger partial charge in [0.05, 0.1) is 0 Å². The van der Waals surface area contributed by atoms with Crippen LogP contribution < -0.4 is 10.5 Å². The molecule has 2 aromatic rings. The van der Waals surface area contributed by atoms with Crippen LogP contribution in [0.3, 0.4) is 0 Å². The van der Waals surface area contributed by atoms with Crippen LogP contribution in [0, 0.1) is 13.8 Å². The van der Waals surface area contributed by atoms with Crippen molar-refractivity contribution in [3.8, 4) is 11.8 Å². The number of aryl methyl sites for hydroxylation is 2. The summed E-state index contributed by atoms with van der Waals surface area (Å²) in [5, 5.41) is 0. The summed E-state index contributed by atoms with van der Waals surface area (Å²) >= 11 is 0. The lowest BCUT2D eigenvalue weighted by Crippen LogP contribution is -2.02. The van der Waals surface area contributed by atoms with E-state index in [4.69, 9.17) is 10.5 Å². The first-order valence-corrected chi connectivity index (χ1v) is 5.96. The summed E-state index contributed by atoms with van der Waals surface area (Å²) in [4.78, 5) is 8.47. The first-order chi connectivity index (χ1) is 8.67. The monoisotopic (exact) mass is 243 g/mol. The Bertz CT molecular complexity index is 503. The summed E-state index contributed by atoms with van der Waals surface area (Å²) in [6, 6.07) is 10.1. The predicted molar refractivity (Wildman–Crippen MR) is 70.8 cm³/mol. The lowest BCUT2D eigenvalue weighted by molar-refractivity contribution is 0.438. The van der Waals surface area contributed by atoms with Crippen molar-refractivity contribution in [2.45, 2.75) is 20.3 Å². The zero-order chi connectivity index (χ0) is 13.0. The van der Waals surface area contributed by atoms with Gasteiger partial charge in [0.2, 0.25) is 0 Å². The molecule has 4 nitrogen and oxygen atoms in total. The van der Waals surface area contributed by atoms with Crippen molar-refractivity contribution in [2.24, 2.45) is 5.73 Å². The molecule has 18 heavy (non-hydrogen) atoms. The molecular formula is C14H17N3O. The maximum absolute atomic E-state index is 5.62. The van der Waals surface area contributed by atoms with Gasteiger partial charge in [-0.15, -0.1) is 0 Å². The van der Waals surface area contributed by atoms with Crippen LogP contribution in [0.15, 0.2) is 30.3 Å². The molecule has 2 rings (SSSR count). The van der Waals surface area contributed by atoms with Crippen LogP contribution in [0.5, 0.6) is 11.8 Å². The second-order valence-electron chi connectivity index (χ2n) is 4.22. The predicted octanol–water partition coefficient (Wildman–Crippen LogP) is 2.39. The van der Waals surface area contributed by atoms with Gasteiger partial charge < -0.3 is 10.5 Å². The Hall–Kier alpha value is -1.94. The highest BCUT2D eigenvalue weighted by Gasteiger charge is 2.02. The van der Waals surface area contributed by atoms with E-state index in [1.807, 2.05) is 44.2 Å². The zero-order valence-electron chi connectivity index (χ0n) is 10.7. The number of hydrogen-bond acceptors (Lipinski definition) is 4. The van der Waals surface area contributed by atoms with Gasteiger partial charge in [0, 0.05) is 11.4 Å². The van der Waals surface area contributed by atoms with E-state index in [0.717, 1.165) is 23.6 Å². The van der Waals surface area contributed by atoms with Crippen LogP contribution in [0.4, 0.5) is 0 Å². The minimum Gasteiger partial charge on any atom is -0.424 e. The van der Waals surface area contributed by atoms with Crippen LogP contribution in [-0.4, -0.2) is 16.5 Å². The molecule has 0 aliphatic rings. The summed E-state index contributed by atoms with van der Waals surface area (Å²) in [5.41, 5.74) is 8.50. The molecule has 0 aliphatic heterocycles. The van der Waals surface area contributed by atoms with E-state index in [1.165, 1.54) is 5.56 Å². The van der Waals surface area contributed by atoms with E-state index in [1.54, 1.807) is 0 Å². The third-order valence-electron chi connectivity index (χ3n) is 2.53. The van der Waals surface area contributed by atoms with Crippen LogP contribution in [0.1, 0.15) is 17.0 Å². The molecule has 0 unspecified atom stereocenters. The molecule has 0 saturated heterocycles. The molecule has 0 bridgehead atoms. The van der Waals surface area contributed by atoms with Gasteiger partial charge in [-0.05, 0) is 50.6 Å².